The summed E-state index contributed by atoms with van der Waals surface area (Å²) in [5.74, 6) is 2.38. The van der Waals surface area contributed by atoms with E-state index in [1.807, 2.05) is 0 Å². The molecule has 2 aliphatic rings. The van der Waals surface area contributed by atoms with Gasteiger partial charge in [0.25, 0.3) is 0 Å². The number of hydrogen-bond acceptors (Lipinski definition) is 1. The summed E-state index contributed by atoms with van der Waals surface area (Å²) in [6.45, 7) is 5.67. The summed E-state index contributed by atoms with van der Waals surface area (Å²) in [6, 6.07) is 0. The van der Waals surface area contributed by atoms with Gasteiger partial charge >= 0.3 is 0 Å². The lowest BCUT2D eigenvalue weighted by molar-refractivity contribution is 0.462. The Hall–Kier alpha value is -0.590. The molecule has 2 aliphatic carbocycles. The summed E-state index contributed by atoms with van der Waals surface area (Å²) in [6.07, 6.45) is 12.7. The molecule has 1 heteroatoms. The molecule has 2 rings (SSSR count). The molecule has 1 saturated carbocycles. The van der Waals surface area contributed by atoms with Gasteiger partial charge in [-0.1, -0.05) is 45.3 Å². The van der Waals surface area contributed by atoms with E-state index < -0.39 is 0 Å². The van der Waals surface area contributed by atoms with Crippen LogP contribution < -0.4 is 0 Å². The zero-order chi connectivity index (χ0) is 11.4. The van der Waals surface area contributed by atoms with E-state index in [0.29, 0.717) is 5.92 Å². The Morgan fingerprint density at radius 1 is 1.38 bits per heavy atom. The zero-order valence-electron chi connectivity index (χ0n) is 10.8. The molecule has 0 heterocycles. The molecular formula is C15H25N. The number of rotatable bonds is 6. The monoisotopic (exact) mass is 219 g/mol. The highest BCUT2D eigenvalue weighted by Gasteiger charge is 2.31. The molecule has 1 nitrogen and oxygen atoms in total. The Labute approximate surface area is 100 Å². The largest absolute Gasteiger partial charge is 0.293 e. The van der Waals surface area contributed by atoms with Crippen LogP contribution in [0.4, 0.5) is 0 Å². The molecule has 0 aliphatic heterocycles. The number of hydrogen-bond donors (Lipinski definition) is 0. The van der Waals surface area contributed by atoms with Gasteiger partial charge < -0.3 is 0 Å². The second-order valence-corrected chi connectivity index (χ2v) is 5.44. The van der Waals surface area contributed by atoms with Crippen molar-refractivity contribution >= 4 is 5.71 Å². The van der Waals surface area contributed by atoms with Crippen LogP contribution in [-0.2, 0) is 0 Å². The van der Waals surface area contributed by atoms with Gasteiger partial charge in [-0.25, -0.2) is 0 Å². The van der Waals surface area contributed by atoms with E-state index in [0.717, 1.165) is 18.4 Å². The molecule has 16 heavy (non-hydrogen) atoms. The first-order valence-electron chi connectivity index (χ1n) is 7.05. The van der Waals surface area contributed by atoms with Crippen molar-refractivity contribution < 1.29 is 0 Å². The summed E-state index contributed by atoms with van der Waals surface area (Å²) >= 11 is 0. The topological polar surface area (TPSA) is 12.4 Å². The van der Waals surface area contributed by atoms with Crippen LogP contribution in [0.1, 0.15) is 52.4 Å². The molecule has 90 valence electrons. The fourth-order valence-electron chi connectivity index (χ4n) is 2.94. The van der Waals surface area contributed by atoms with Gasteiger partial charge in [0, 0.05) is 18.2 Å². The standard InChI is InChI=1S/C15H25N/c1-3-5-6-12(4-2)11-16-15-10-13-7-8-14(15)9-13/h7-8,12-14H,3-6,9-11H2,1-2H3. The molecule has 3 unspecified atom stereocenters. The normalized spacial score (nSPS) is 31.5. The molecule has 0 aromatic carbocycles. The van der Waals surface area contributed by atoms with Crippen LogP contribution in [0.2, 0.25) is 0 Å². The van der Waals surface area contributed by atoms with Gasteiger partial charge in [0.2, 0.25) is 0 Å². The maximum Gasteiger partial charge on any atom is 0.0417 e. The lowest BCUT2D eigenvalue weighted by Gasteiger charge is -2.13. The number of nitrogens with zero attached hydrogens (tertiary/aromatic N) is 1. The third kappa shape index (κ3) is 2.75. The molecule has 0 N–H and O–H groups in total. The molecule has 0 aromatic heterocycles. The maximum absolute atomic E-state index is 4.90. The molecule has 0 aromatic rings. The molecular weight excluding hydrogens is 194 g/mol. The van der Waals surface area contributed by atoms with Crippen molar-refractivity contribution in [3.05, 3.63) is 12.2 Å². The molecule has 0 spiro atoms. The fourth-order valence-corrected chi connectivity index (χ4v) is 2.94. The van der Waals surface area contributed by atoms with Crippen LogP contribution in [-0.4, -0.2) is 12.3 Å². The lowest BCUT2D eigenvalue weighted by Crippen LogP contribution is -2.10. The van der Waals surface area contributed by atoms with Gasteiger partial charge in [-0.05, 0) is 31.1 Å². The first-order chi connectivity index (χ1) is 7.83. The van der Waals surface area contributed by atoms with Crippen molar-refractivity contribution in [1.29, 1.82) is 0 Å². The highest BCUT2D eigenvalue weighted by atomic mass is 14.8. The first kappa shape index (κ1) is 11.9. The van der Waals surface area contributed by atoms with Crippen molar-refractivity contribution in [3.8, 4) is 0 Å². The van der Waals surface area contributed by atoms with E-state index in [-0.39, 0.29) is 0 Å². The van der Waals surface area contributed by atoms with Crippen LogP contribution in [0.5, 0.6) is 0 Å². The van der Waals surface area contributed by atoms with E-state index in [4.69, 9.17) is 4.99 Å². The highest BCUT2D eigenvalue weighted by Crippen LogP contribution is 2.37. The van der Waals surface area contributed by atoms with Gasteiger partial charge in [-0.15, -0.1) is 0 Å². The van der Waals surface area contributed by atoms with Crippen LogP contribution in [0.15, 0.2) is 17.1 Å². The summed E-state index contributed by atoms with van der Waals surface area (Å²) in [4.78, 5) is 4.90. The SMILES string of the molecule is CCCCC(CC)CN=C1CC2C=CC1C2. The maximum atomic E-state index is 4.90. The zero-order valence-corrected chi connectivity index (χ0v) is 10.8. The predicted molar refractivity (Wildman–Crippen MR) is 71.0 cm³/mol. The number of fused-ring (bicyclic) bond motifs is 2. The van der Waals surface area contributed by atoms with E-state index in [1.54, 1.807) is 0 Å². The number of allylic oxidation sites excluding steroid dienone is 2. The summed E-state index contributed by atoms with van der Waals surface area (Å²) < 4.78 is 0. The van der Waals surface area contributed by atoms with Gasteiger partial charge in [0.05, 0.1) is 0 Å². The molecule has 1 fully saturated rings. The highest BCUT2D eigenvalue weighted by molar-refractivity contribution is 5.91. The fraction of sp³-hybridized carbons (Fsp3) is 0.800. The van der Waals surface area contributed by atoms with E-state index >= 15 is 0 Å². The quantitative estimate of drug-likeness (QED) is 0.592. The lowest BCUT2D eigenvalue weighted by atomic mass is 9.99. The Kier molecular flexibility index (Phi) is 4.20. The minimum atomic E-state index is 0.716. The Morgan fingerprint density at radius 2 is 2.25 bits per heavy atom. The average Bonchev–Trinajstić information content (AvgIpc) is 2.91. The smallest absolute Gasteiger partial charge is 0.0417 e. The van der Waals surface area contributed by atoms with Crippen molar-refractivity contribution in [2.45, 2.75) is 52.4 Å². The first-order valence-corrected chi connectivity index (χ1v) is 7.05. The van der Waals surface area contributed by atoms with Crippen LogP contribution in [0, 0.1) is 17.8 Å². The molecule has 0 amide bonds. The van der Waals surface area contributed by atoms with Gasteiger partial charge in [-0.2, -0.15) is 0 Å². The molecule has 2 bridgehead atoms. The van der Waals surface area contributed by atoms with E-state index in [9.17, 15) is 0 Å². The number of unbranched alkanes of at least 4 members (excludes halogenated alkanes) is 1. The van der Waals surface area contributed by atoms with Crippen molar-refractivity contribution in [3.63, 3.8) is 0 Å². The van der Waals surface area contributed by atoms with Crippen molar-refractivity contribution in [2.24, 2.45) is 22.7 Å². The Balaban J connectivity index is 1.81. The van der Waals surface area contributed by atoms with Crippen LogP contribution >= 0.6 is 0 Å². The van der Waals surface area contributed by atoms with Crippen molar-refractivity contribution in [1.82, 2.24) is 0 Å². The predicted octanol–water partition coefficient (Wildman–Crippen LogP) is 4.24. The van der Waals surface area contributed by atoms with Crippen molar-refractivity contribution in [2.75, 3.05) is 6.54 Å². The minimum absolute atomic E-state index is 0.716. The third-order valence-corrected chi connectivity index (χ3v) is 4.17. The van der Waals surface area contributed by atoms with E-state index in [2.05, 4.69) is 26.0 Å². The second-order valence-electron chi connectivity index (χ2n) is 5.44. The van der Waals surface area contributed by atoms with Gasteiger partial charge in [0.1, 0.15) is 0 Å². The summed E-state index contributed by atoms with van der Waals surface area (Å²) in [5, 5.41) is 0. The molecule has 0 saturated heterocycles. The van der Waals surface area contributed by atoms with Crippen LogP contribution in [0.25, 0.3) is 0 Å². The second kappa shape index (κ2) is 5.65. The minimum Gasteiger partial charge on any atom is -0.293 e. The number of aliphatic imine (C=N–C) groups is 1. The molecule has 0 radical (unpaired) electrons. The Morgan fingerprint density at radius 3 is 2.81 bits per heavy atom. The summed E-state index contributed by atoms with van der Waals surface area (Å²) in [5.41, 5.74) is 1.50. The third-order valence-electron chi connectivity index (χ3n) is 4.17. The average molecular weight is 219 g/mol. The van der Waals surface area contributed by atoms with Gasteiger partial charge in [-0.3, -0.25) is 4.99 Å². The Bertz CT molecular complexity index is 277. The summed E-state index contributed by atoms with van der Waals surface area (Å²) in [7, 11) is 0. The van der Waals surface area contributed by atoms with Crippen LogP contribution in [0.3, 0.4) is 0 Å². The van der Waals surface area contributed by atoms with E-state index in [1.165, 1.54) is 44.2 Å². The molecule has 3 atom stereocenters. The van der Waals surface area contributed by atoms with Gasteiger partial charge in [0.15, 0.2) is 0 Å².